The third kappa shape index (κ3) is 6.74. The Morgan fingerprint density at radius 1 is 0.290 bits per heavy atom. The monoisotopic (exact) mass is 790 g/mol. The fraction of sp³-hybridized carbons (Fsp3) is 0. The minimum Gasteiger partial charge on any atom is -0.310 e. The van der Waals surface area contributed by atoms with E-state index in [1.54, 1.807) is 0 Å². The summed E-state index contributed by atoms with van der Waals surface area (Å²) in [4.78, 5) is 2.41. The third-order valence-corrected chi connectivity index (χ3v) is 12.0. The number of fused-ring (bicyclic) bond motifs is 3. The fourth-order valence-corrected chi connectivity index (χ4v) is 9.11. The SMILES string of the molecule is c1ccc(-c2ccc(-c3ccc(N(c4cccc(-c5cccc6c5c5cccc(-c7ccccc7)c5n6-c5ccccc5)c4)c4ccccc4-c4ccccc4)cc3)cc2)cc1. The van der Waals surface area contributed by atoms with E-state index >= 15 is 0 Å². The molecule has 292 valence electrons. The van der Waals surface area contributed by atoms with Crippen molar-refractivity contribution in [3.05, 3.63) is 255 Å². The Hall–Kier alpha value is -8.20. The van der Waals surface area contributed by atoms with E-state index < -0.39 is 0 Å². The van der Waals surface area contributed by atoms with Crippen LogP contribution in [0.25, 0.3) is 83.1 Å². The maximum Gasteiger partial charge on any atom is 0.0619 e. The predicted molar refractivity (Wildman–Crippen MR) is 263 cm³/mol. The second-order valence-corrected chi connectivity index (χ2v) is 15.7. The van der Waals surface area contributed by atoms with Gasteiger partial charge in [-0.25, -0.2) is 0 Å². The Bertz CT molecular complexity index is 3300. The van der Waals surface area contributed by atoms with Crippen molar-refractivity contribution < 1.29 is 0 Å². The molecular formula is C60H42N2. The molecule has 0 aliphatic heterocycles. The molecule has 0 atom stereocenters. The largest absolute Gasteiger partial charge is 0.310 e. The highest BCUT2D eigenvalue weighted by Crippen LogP contribution is 2.45. The Labute approximate surface area is 362 Å². The molecule has 0 fully saturated rings. The van der Waals surface area contributed by atoms with Crippen LogP contribution in [0.4, 0.5) is 17.1 Å². The van der Waals surface area contributed by atoms with Crippen molar-refractivity contribution in [2.75, 3.05) is 4.90 Å². The van der Waals surface area contributed by atoms with Gasteiger partial charge in [-0.1, -0.05) is 206 Å². The second kappa shape index (κ2) is 16.1. The zero-order valence-electron chi connectivity index (χ0n) is 34.1. The summed E-state index contributed by atoms with van der Waals surface area (Å²) in [5, 5.41) is 2.46. The zero-order valence-corrected chi connectivity index (χ0v) is 34.1. The van der Waals surface area contributed by atoms with Gasteiger partial charge in [0.15, 0.2) is 0 Å². The van der Waals surface area contributed by atoms with E-state index in [1.165, 1.54) is 71.9 Å². The molecule has 0 amide bonds. The second-order valence-electron chi connectivity index (χ2n) is 15.7. The van der Waals surface area contributed by atoms with Gasteiger partial charge in [-0.3, -0.25) is 0 Å². The van der Waals surface area contributed by atoms with Crippen LogP contribution in [0.3, 0.4) is 0 Å². The number of hydrogen-bond acceptors (Lipinski definition) is 1. The van der Waals surface area contributed by atoms with Crippen LogP contribution < -0.4 is 4.90 Å². The summed E-state index contributed by atoms with van der Waals surface area (Å²) in [7, 11) is 0. The van der Waals surface area contributed by atoms with Gasteiger partial charge in [0.05, 0.1) is 16.7 Å². The molecule has 0 unspecified atom stereocenters. The number of benzene rings is 10. The summed E-state index contributed by atoms with van der Waals surface area (Å²) in [5.41, 5.74) is 18.7. The van der Waals surface area contributed by atoms with Crippen molar-refractivity contribution in [3.63, 3.8) is 0 Å². The van der Waals surface area contributed by atoms with Crippen molar-refractivity contribution in [1.82, 2.24) is 4.57 Å². The Morgan fingerprint density at radius 2 is 0.758 bits per heavy atom. The average molecular weight is 791 g/mol. The molecule has 0 aliphatic carbocycles. The van der Waals surface area contributed by atoms with Crippen LogP contribution in [0.2, 0.25) is 0 Å². The molecular weight excluding hydrogens is 749 g/mol. The van der Waals surface area contributed by atoms with Crippen LogP contribution in [-0.4, -0.2) is 4.57 Å². The molecule has 2 heteroatoms. The van der Waals surface area contributed by atoms with Crippen LogP contribution in [-0.2, 0) is 0 Å². The number of anilines is 3. The predicted octanol–water partition coefficient (Wildman–Crippen LogP) is 16.6. The zero-order chi connectivity index (χ0) is 41.2. The van der Waals surface area contributed by atoms with Gasteiger partial charge in [0.25, 0.3) is 0 Å². The van der Waals surface area contributed by atoms with Gasteiger partial charge in [-0.15, -0.1) is 0 Å². The quantitative estimate of drug-likeness (QED) is 0.141. The van der Waals surface area contributed by atoms with Crippen LogP contribution >= 0.6 is 0 Å². The summed E-state index contributed by atoms with van der Waals surface area (Å²) in [6.07, 6.45) is 0. The van der Waals surface area contributed by atoms with E-state index in [9.17, 15) is 0 Å². The lowest BCUT2D eigenvalue weighted by atomic mass is 9.96. The molecule has 0 radical (unpaired) electrons. The molecule has 11 aromatic rings. The Balaban J connectivity index is 1.07. The lowest BCUT2D eigenvalue weighted by Crippen LogP contribution is -2.11. The average Bonchev–Trinajstić information content (AvgIpc) is 3.71. The molecule has 1 aromatic heterocycles. The first-order valence-corrected chi connectivity index (χ1v) is 21.3. The van der Waals surface area contributed by atoms with Gasteiger partial charge in [-0.05, 0) is 93.0 Å². The van der Waals surface area contributed by atoms with Crippen molar-refractivity contribution in [3.8, 4) is 61.3 Å². The lowest BCUT2D eigenvalue weighted by molar-refractivity contribution is 1.18. The molecule has 11 rings (SSSR count). The summed E-state index contributed by atoms with van der Waals surface area (Å²) < 4.78 is 2.44. The van der Waals surface area contributed by atoms with E-state index in [-0.39, 0.29) is 0 Å². The highest BCUT2D eigenvalue weighted by molar-refractivity contribution is 6.19. The van der Waals surface area contributed by atoms with E-state index in [1.807, 2.05) is 0 Å². The van der Waals surface area contributed by atoms with Gasteiger partial charge in [-0.2, -0.15) is 0 Å². The smallest absolute Gasteiger partial charge is 0.0619 e. The maximum absolute atomic E-state index is 2.44. The summed E-state index contributed by atoms with van der Waals surface area (Å²) in [6.45, 7) is 0. The number of para-hydroxylation sites is 3. The van der Waals surface area contributed by atoms with Gasteiger partial charge in [0.1, 0.15) is 0 Å². The van der Waals surface area contributed by atoms with Gasteiger partial charge in [0.2, 0.25) is 0 Å². The number of nitrogens with zero attached hydrogens (tertiary/aromatic N) is 2. The van der Waals surface area contributed by atoms with Gasteiger partial charge >= 0.3 is 0 Å². The number of hydrogen-bond donors (Lipinski definition) is 0. The molecule has 2 nitrogen and oxygen atoms in total. The van der Waals surface area contributed by atoms with Crippen molar-refractivity contribution >= 4 is 38.9 Å². The standard InChI is InChI=1S/C60H42N2/c1-5-18-43(19-6-1)44-34-36-45(37-35-44)46-38-40-51(41-39-46)61(57-32-14-13-28-53(57)47-20-7-2-8-21-47)52-27-15-24-49(42-52)54-29-17-33-58-59(54)56-31-16-30-55(48-22-9-3-10-23-48)60(56)62(58)50-25-11-4-12-26-50/h1-42H. The van der Waals surface area contributed by atoms with Crippen LogP contribution in [0.1, 0.15) is 0 Å². The van der Waals surface area contributed by atoms with E-state index in [2.05, 4.69) is 264 Å². The number of rotatable bonds is 9. The molecule has 0 saturated heterocycles. The molecule has 0 bridgehead atoms. The maximum atomic E-state index is 2.44. The van der Waals surface area contributed by atoms with Crippen LogP contribution in [0.5, 0.6) is 0 Å². The third-order valence-electron chi connectivity index (χ3n) is 12.0. The van der Waals surface area contributed by atoms with Crippen LogP contribution in [0.15, 0.2) is 255 Å². The number of aromatic nitrogens is 1. The molecule has 0 spiro atoms. The molecule has 0 aliphatic rings. The van der Waals surface area contributed by atoms with Crippen molar-refractivity contribution in [2.24, 2.45) is 0 Å². The van der Waals surface area contributed by atoms with E-state index in [4.69, 9.17) is 0 Å². The first-order chi connectivity index (χ1) is 30.8. The molecule has 10 aromatic carbocycles. The Kier molecular flexibility index (Phi) is 9.57. The van der Waals surface area contributed by atoms with Crippen molar-refractivity contribution in [1.29, 1.82) is 0 Å². The summed E-state index contributed by atoms with van der Waals surface area (Å²) >= 11 is 0. The van der Waals surface area contributed by atoms with Gasteiger partial charge < -0.3 is 9.47 Å². The topological polar surface area (TPSA) is 8.17 Å². The first-order valence-electron chi connectivity index (χ1n) is 21.3. The highest BCUT2D eigenvalue weighted by Gasteiger charge is 2.21. The fourth-order valence-electron chi connectivity index (χ4n) is 9.11. The molecule has 1 heterocycles. The van der Waals surface area contributed by atoms with E-state index in [0.29, 0.717) is 0 Å². The molecule has 0 N–H and O–H groups in total. The molecule has 62 heavy (non-hydrogen) atoms. The summed E-state index contributed by atoms with van der Waals surface area (Å²) in [6, 6.07) is 92.0. The van der Waals surface area contributed by atoms with Gasteiger partial charge in [0, 0.05) is 39.0 Å². The highest BCUT2D eigenvalue weighted by atomic mass is 15.1. The lowest BCUT2D eigenvalue weighted by Gasteiger charge is -2.28. The van der Waals surface area contributed by atoms with Crippen molar-refractivity contribution in [2.45, 2.75) is 0 Å². The minimum absolute atomic E-state index is 1.08. The first kappa shape index (κ1) is 36.8. The molecule has 0 saturated carbocycles. The summed E-state index contributed by atoms with van der Waals surface area (Å²) in [5.74, 6) is 0. The van der Waals surface area contributed by atoms with Crippen LogP contribution in [0, 0.1) is 0 Å². The van der Waals surface area contributed by atoms with E-state index in [0.717, 1.165) is 28.3 Å². The minimum atomic E-state index is 1.08. The Morgan fingerprint density at radius 3 is 1.42 bits per heavy atom. The normalized spacial score (nSPS) is 11.2.